The molecule has 0 unspecified atom stereocenters. The van der Waals surface area contributed by atoms with Crippen LogP contribution in [0, 0.1) is 0 Å². The number of carbonyl (C=O) groups is 1. The molecule has 8 heteroatoms. The van der Waals surface area contributed by atoms with Crippen molar-refractivity contribution in [1.29, 1.82) is 0 Å². The third kappa shape index (κ3) is 10.3. The van der Waals surface area contributed by atoms with Crippen molar-refractivity contribution < 1.29 is 23.7 Å². The Morgan fingerprint density at radius 3 is 2.16 bits per heavy atom. The molecule has 0 aliphatic rings. The Hall–Kier alpha value is -2.57. The van der Waals surface area contributed by atoms with Crippen LogP contribution < -0.4 is 24.3 Å². The van der Waals surface area contributed by atoms with Crippen molar-refractivity contribution in [3.8, 4) is 23.0 Å². The summed E-state index contributed by atoms with van der Waals surface area (Å²) in [5.41, 5.74) is 0. The van der Waals surface area contributed by atoms with Gasteiger partial charge in [-0.05, 0) is 61.7 Å². The van der Waals surface area contributed by atoms with Crippen LogP contribution in [0.15, 0.2) is 59.1 Å². The summed E-state index contributed by atoms with van der Waals surface area (Å²) in [4.78, 5) is 11.5. The number of ether oxygens (including phenoxy) is 4. The van der Waals surface area contributed by atoms with Crippen LogP contribution in [0.3, 0.4) is 0 Å². The summed E-state index contributed by atoms with van der Waals surface area (Å²) in [5.74, 6) is 2.49. The number of amides is 1. The van der Waals surface area contributed by atoms with E-state index in [9.17, 15) is 4.79 Å². The first-order valence-electron chi connectivity index (χ1n) is 10.1. The van der Waals surface area contributed by atoms with Gasteiger partial charge in [0.25, 0.3) is 0 Å². The molecule has 0 heterocycles. The molecule has 0 radical (unpaired) electrons. The highest BCUT2D eigenvalue weighted by molar-refractivity contribution is 6.55. The third-order valence-electron chi connectivity index (χ3n) is 3.94. The number of carbonyl (C=O) groups excluding carboxylic acids is 1. The van der Waals surface area contributed by atoms with E-state index in [0.29, 0.717) is 42.8 Å². The second-order valence-corrected chi connectivity index (χ2v) is 7.45. The quantitative estimate of drug-likeness (QED) is 0.359. The van der Waals surface area contributed by atoms with Gasteiger partial charge in [-0.2, -0.15) is 0 Å². The Kier molecular flexibility index (Phi) is 11.5. The first-order valence-corrected chi connectivity index (χ1v) is 10.9. The van der Waals surface area contributed by atoms with Crippen molar-refractivity contribution in [3.05, 3.63) is 59.1 Å². The van der Waals surface area contributed by atoms with E-state index in [4.69, 9.17) is 42.1 Å². The Balaban J connectivity index is 1.64. The molecule has 1 amide bonds. The number of hydrogen-bond donors (Lipinski definition) is 1. The van der Waals surface area contributed by atoms with Crippen LogP contribution in [-0.4, -0.2) is 32.5 Å². The number of hydrogen-bond acceptors (Lipinski definition) is 5. The summed E-state index contributed by atoms with van der Waals surface area (Å²) < 4.78 is 22.5. The lowest BCUT2D eigenvalue weighted by Gasteiger charge is -2.12. The summed E-state index contributed by atoms with van der Waals surface area (Å²) in [6, 6.07) is 14.4. The smallest absolute Gasteiger partial charge is 0.412 e. The van der Waals surface area contributed by atoms with Gasteiger partial charge in [0.05, 0.1) is 13.2 Å². The van der Waals surface area contributed by atoms with Gasteiger partial charge in [-0.25, -0.2) is 4.79 Å². The van der Waals surface area contributed by atoms with E-state index >= 15 is 0 Å². The Morgan fingerprint density at radius 1 is 0.903 bits per heavy atom. The standard InChI is InChI=1S/C23H27Cl2NO5/c1-2-14-26-23(27)31-19-11-9-18(10-12-19)28-15-5-6-16-29-20-7-3-4-8-21(20)30-17-13-22(24)25/h3-4,7-13H,2,5-6,14-17H2,1H3,(H,26,27). The summed E-state index contributed by atoms with van der Waals surface area (Å²) in [6.07, 6.45) is 3.61. The molecule has 31 heavy (non-hydrogen) atoms. The van der Waals surface area contributed by atoms with E-state index in [1.165, 1.54) is 0 Å². The number of para-hydroxylation sites is 2. The molecule has 6 nitrogen and oxygen atoms in total. The SMILES string of the molecule is CCCNC(=O)Oc1ccc(OCCCCOc2ccccc2OCC=C(Cl)Cl)cc1. The van der Waals surface area contributed by atoms with E-state index in [1.807, 2.05) is 31.2 Å². The molecule has 0 aliphatic heterocycles. The second kappa shape index (κ2) is 14.4. The first-order chi connectivity index (χ1) is 15.1. The highest BCUT2D eigenvalue weighted by Gasteiger charge is 2.05. The van der Waals surface area contributed by atoms with Gasteiger partial charge >= 0.3 is 6.09 Å². The average molecular weight is 468 g/mol. The molecule has 0 fully saturated rings. The minimum absolute atomic E-state index is 0.165. The molecular weight excluding hydrogens is 441 g/mol. The maximum atomic E-state index is 11.5. The monoisotopic (exact) mass is 467 g/mol. The minimum Gasteiger partial charge on any atom is -0.494 e. The molecule has 168 valence electrons. The van der Waals surface area contributed by atoms with Crippen LogP contribution in [0.5, 0.6) is 23.0 Å². The minimum atomic E-state index is -0.457. The van der Waals surface area contributed by atoms with E-state index in [1.54, 1.807) is 30.3 Å². The Morgan fingerprint density at radius 2 is 1.52 bits per heavy atom. The zero-order valence-corrected chi connectivity index (χ0v) is 19.0. The summed E-state index contributed by atoms with van der Waals surface area (Å²) >= 11 is 11.2. The highest BCUT2D eigenvalue weighted by Crippen LogP contribution is 2.27. The van der Waals surface area contributed by atoms with Gasteiger partial charge in [-0.3, -0.25) is 0 Å². The normalized spacial score (nSPS) is 10.2. The van der Waals surface area contributed by atoms with Gasteiger partial charge in [0.15, 0.2) is 11.5 Å². The predicted octanol–water partition coefficient (Wildman–Crippen LogP) is 6.12. The number of nitrogens with one attached hydrogen (secondary N) is 1. The van der Waals surface area contributed by atoms with Crippen LogP contribution in [0.2, 0.25) is 0 Å². The molecule has 2 rings (SSSR count). The fourth-order valence-electron chi connectivity index (χ4n) is 2.43. The van der Waals surface area contributed by atoms with Gasteiger partial charge in [0, 0.05) is 6.54 Å². The van der Waals surface area contributed by atoms with Crippen LogP contribution in [0.4, 0.5) is 4.79 Å². The lowest BCUT2D eigenvalue weighted by atomic mass is 10.3. The number of benzene rings is 2. The van der Waals surface area contributed by atoms with Crippen molar-refractivity contribution >= 4 is 29.3 Å². The van der Waals surface area contributed by atoms with Crippen molar-refractivity contribution in [2.75, 3.05) is 26.4 Å². The van der Waals surface area contributed by atoms with Gasteiger partial charge in [-0.15, -0.1) is 0 Å². The van der Waals surface area contributed by atoms with Gasteiger partial charge in [0.1, 0.15) is 22.6 Å². The van der Waals surface area contributed by atoms with E-state index in [-0.39, 0.29) is 11.1 Å². The predicted molar refractivity (Wildman–Crippen MR) is 123 cm³/mol. The van der Waals surface area contributed by atoms with Crippen LogP contribution in [0.1, 0.15) is 26.2 Å². The van der Waals surface area contributed by atoms with Crippen LogP contribution >= 0.6 is 23.2 Å². The lowest BCUT2D eigenvalue weighted by Crippen LogP contribution is -2.27. The largest absolute Gasteiger partial charge is 0.494 e. The van der Waals surface area contributed by atoms with Crippen molar-refractivity contribution in [2.45, 2.75) is 26.2 Å². The molecule has 2 aromatic carbocycles. The van der Waals surface area contributed by atoms with Crippen molar-refractivity contribution in [1.82, 2.24) is 5.32 Å². The van der Waals surface area contributed by atoms with E-state index < -0.39 is 6.09 Å². The highest BCUT2D eigenvalue weighted by atomic mass is 35.5. The topological polar surface area (TPSA) is 66.0 Å². The van der Waals surface area contributed by atoms with Crippen molar-refractivity contribution in [2.24, 2.45) is 0 Å². The van der Waals surface area contributed by atoms with Gasteiger partial charge < -0.3 is 24.3 Å². The zero-order chi connectivity index (χ0) is 22.3. The molecule has 0 aromatic heterocycles. The maximum absolute atomic E-state index is 11.5. The fourth-order valence-corrected chi connectivity index (χ4v) is 2.56. The van der Waals surface area contributed by atoms with Crippen LogP contribution in [-0.2, 0) is 0 Å². The number of unbranched alkanes of at least 4 members (excludes halogenated alkanes) is 1. The maximum Gasteiger partial charge on any atom is 0.412 e. The zero-order valence-electron chi connectivity index (χ0n) is 17.4. The van der Waals surface area contributed by atoms with Crippen molar-refractivity contribution in [3.63, 3.8) is 0 Å². The lowest BCUT2D eigenvalue weighted by molar-refractivity contribution is 0.200. The summed E-state index contributed by atoms with van der Waals surface area (Å²) in [6.45, 7) is 3.92. The molecule has 2 aromatic rings. The molecule has 0 atom stereocenters. The first kappa shape index (κ1) is 24.7. The molecular formula is C23H27Cl2NO5. The fraction of sp³-hybridized carbons (Fsp3) is 0.348. The summed E-state index contributed by atoms with van der Waals surface area (Å²) in [5, 5.41) is 2.65. The van der Waals surface area contributed by atoms with E-state index in [2.05, 4.69) is 5.32 Å². The van der Waals surface area contributed by atoms with E-state index in [0.717, 1.165) is 19.3 Å². The Bertz CT molecular complexity index is 823. The molecule has 0 bridgehead atoms. The number of rotatable bonds is 13. The third-order valence-corrected chi connectivity index (χ3v) is 4.25. The average Bonchev–Trinajstić information content (AvgIpc) is 2.76. The summed E-state index contributed by atoms with van der Waals surface area (Å²) in [7, 11) is 0. The molecule has 0 aliphatic carbocycles. The second-order valence-electron chi connectivity index (χ2n) is 6.44. The number of halogens is 2. The van der Waals surface area contributed by atoms with Gasteiger partial charge in [-0.1, -0.05) is 42.3 Å². The molecule has 0 saturated carbocycles. The van der Waals surface area contributed by atoms with Crippen LogP contribution in [0.25, 0.3) is 0 Å². The van der Waals surface area contributed by atoms with Gasteiger partial charge in [0.2, 0.25) is 0 Å². The molecule has 1 N–H and O–H groups in total. The Labute approximate surface area is 193 Å². The molecule has 0 saturated heterocycles. The molecule has 0 spiro atoms.